The number of carbonyl (C=O) groups excluding carboxylic acids is 1. The predicted molar refractivity (Wildman–Crippen MR) is 92.4 cm³/mol. The Hall–Kier alpha value is -2.19. The van der Waals surface area contributed by atoms with Crippen LogP contribution in [0.25, 0.3) is 11.3 Å². The van der Waals surface area contributed by atoms with Crippen LogP contribution in [-0.2, 0) is 24.1 Å². The molecule has 1 aromatic carbocycles. The molecule has 118 valence electrons. The van der Waals surface area contributed by atoms with Gasteiger partial charge in [-0.15, -0.1) is 11.3 Å². The molecule has 0 saturated carbocycles. The van der Waals surface area contributed by atoms with E-state index in [-0.39, 0.29) is 12.3 Å². The molecule has 0 aliphatic heterocycles. The number of carbonyl (C=O) groups is 1. The van der Waals surface area contributed by atoms with E-state index in [4.69, 9.17) is 5.26 Å². The molecular formula is C18H19N3OS. The van der Waals surface area contributed by atoms with Crippen molar-refractivity contribution >= 4 is 22.4 Å². The van der Waals surface area contributed by atoms with Crippen molar-refractivity contribution in [1.29, 1.82) is 5.26 Å². The number of rotatable bonds is 4. The molecule has 5 heteroatoms. The summed E-state index contributed by atoms with van der Waals surface area (Å²) < 4.78 is 0. The minimum absolute atomic E-state index is 0.144. The fraction of sp³-hybridized carbons (Fsp3) is 0.389. The summed E-state index contributed by atoms with van der Waals surface area (Å²) in [5.74, 6) is -0.305. The Kier molecular flexibility index (Phi) is 4.73. The van der Waals surface area contributed by atoms with Crippen molar-refractivity contribution in [3.05, 3.63) is 34.2 Å². The number of aromatic nitrogens is 1. The largest absolute Gasteiger partial charge is 0.301 e. The van der Waals surface area contributed by atoms with Crippen LogP contribution in [0.3, 0.4) is 0 Å². The van der Waals surface area contributed by atoms with E-state index in [9.17, 15) is 4.79 Å². The van der Waals surface area contributed by atoms with Crippen molar-refractivity contribution in [1.82, 2.24) is 4.98 Å². The van der Waals surface area contributed by atoms with Gasteiger partial charge >= 0.3 is 0 Å². The third-order valence-corrected chi connectivity index (χ3v) is 5.24. The lowest BCUT2D eigenvalue weighted by Gasteiger charge is -2.16. The van der Waals surface area contributed by atoms with Crippen molar-refractivity contribution in [3.63, 3.8) is 0 Å². The minimum atomic E-state index is -0.305. The summed E-state index contributed by atoms with van der Waals surface area (Å²) in [5.41, 5.74) is 4.97. The molecule has 0 unspecified atom stereocenters. The number of amides is 1. The molecule has 1 aliphatic carbocycles. The SMILES string of the molecule is CCc1sc(NC(=O)CC#N)nc1-c1ccc2c(c1)CCCC2. The first kappa shape index (κ1) is 15.7. The van der Waals surface area contributed by atoms with Crippen LogP contribution < -0.4 is 5.32 Å². The van der Waals surface area contributed by atoms with E-state index in [1.54, 1.807) is 0 Å². The number of hydrogen-bond acceptors (Lipinski definition) is 4. The van der Waals surface area contributed by atoms with Crippen LogP contribution in [-0.4, -0.2) is 10.9 Å². The molecule has 1 aliphatic rings. The van der Waals surface area contributed by atoms with Crippen LogP contribution in [0, 0.1) is 11.3 Å². The quantitative estimate of drug-likeness (QED) is 0.920. The highest BCUT2D eigenvalue weighted by atomic mass is 32.1. The Morgan fingerprint density at radius 3 is 2.87 bits per heavy atom. The lowest BCUT2D eigenvalue weighted by molar-refractivity contribution is -0.115. The number of nitrogens with zero attached hydrogens (tertiary/aromatic N) is 2. The Labute approximate surface area is 140 Å². The lowest BCUT2D eigenvalue weighted by atomic mass is 9.90. The van der Waals surface area contributed by atoms with Gasteiger partial charge in [0.15, 0.2) is 5.13 Å². The molecular weight excluding hydrogens is 306 g/mol. The highest BCUT2D eigenvalue weighted by Gasteiger charge is 2.16. The van der Waals surface area contributed by atoms with Crippen LogP contribution in [0.5, 0.6) is 0 Å². The summed E-state index contributed by atoms with van der Waals surface area (Å²) in [7, 11) is 0. The number of thiazole rings is 1. The van der Waals surface area contributed by atoms with E-state index < -0.39 is 0 Å². The number of nitriles is 1. The molecule has 0 atom stereocenters. The second kappa shape index (κ2) is 6.93. The molecule has 0 radical (unpaired) electrons. The van der Waals surface area contributed by atoms with Gasteiger partial charge in [0.25, 0.3) is 0 Å². The molecule has 0 spiro atoms. The van der Waals surface area contributed by atoms with Gasteiger partial charge in [0.05, 0.1) is 11.8 Å². The van der Waals surface area contributed by atoms with Crippen LogP contribution >= 0.6 is 11.3 Å². The van der Waals surface area contributed by atoms with Crippen LogP contribution in [0.1, 0.15) is 42.2 Å². The summed E-state index contributed by atoms with van der Waals surface area (Å²) in [6.45, 7) is 2.09. The normalized spacial score (nSPS) is 13.2. The molecule has 1 N–H and O–H groups in total. The van der Waals surface area contributed by atoms with E-state index in [0.29, 0.717) is 5.13 Å². The van der Waals surface area contributed by atoms with Crippen molar-refractivity contribution in [2.75, 3.05) is 5.32 Å². The maximum Gasteiger partial charge on any atom is 0.240 e. The summed E-state index contributed by atoms with van der Waals surface area (Å²) in [4.78, 5) is 17.3. The first-order valence-corrected chi connectivity index (χ1v) is 8.81. The molecule has 0 saturated heterocycles. The van der Waals surface area contributed by atoms with Gasteiger partial charge in [-0.3, -0.25) is 4.79 Å². The Bertz CT molecular complexity index is 773. The standard InChI is InChI=1S/C18H19N3OS/c1-2-15-17(21-18(23-15)20-16(22)9-10-19)14-8-7-12-5-3-4-6-13(12)11-14/h7-8,11H,2-6,9H2,1H3,(H,20,21,22). The summed E-state index contributed by atoms with van der Waals surface area (Å²) in [6.07, 6.45) is 5.57. The maximum absolute atomic E-state index is 11.6. The molecule has 1 heterocycles. The molecule has 0 bridgehead atoms. The zero-order chi connectivity index (χ0) is 16.2. The number of nitrogens with one attached hydrogen (secondary N) is 1. The number of anilines is 1. The van der Waals surface area contributed by atoms with E-state index >= 15 is 0 Å². The number of hydrogen-bond donors (Lipinski definition) is 1. The number of aryl methyl sites for hydroxylation is 3. The molecule has 23 heavy (non-hydrogen) atoms. The van der Waals surface area contributed by atoms with Gasteiger partial charge in [-0.2, -0.15) is 5.26 Å². The zero-order valence-electron chi connectivity index (χ0n) is 13.2. The average Bonchev–Trinajstić information content (AvgIpc) is 2.97. The van der Waals surface area contributed by atoms with E-state index in [0.717, 1.165) is 29.0 Å². The first-order valence-electron chi connectivity index (χ1n) is 8.00. The highest BCUT2D eigenvalue weighted by molar-refractivity contribution is 7.16. The maximum atomic E-state index is 11.6. The molecule has 2 aromatic rings. The third-order valence-electron chi connectivity index (χ3n) is 4.13. The highest BCUT2D eigenvalue weighted by Crippen LogP contribution is 2.34. The summed E-state index contributed by atoms with van der Waals surface area (Å²) in [5, 5.41) is 11.9. The second-order valence-corrected chi connectivity index (χ2v) is 6.80. The zero-order valence-corrected chi connectivity index (χ0v) is 14.0. The summed E-state index contributed by atoms with van der Waals surface area (Å²) in [6, 6.07) is 8.46. The molecule has 1 aromatic heterocycles. The topological polar surface area (TPSA) is 65.8 Å². The fourth-order valence-corrected chi connectivity index (χ4v) is 3.93. The molecule has 4 nitrogen and oxygen atoms in total. The summed E-state index contributed by atoms with van der Waals surface area (Å²) >= 11 is 1.49. The Balaban J connectivity index is 1.91. The number of fused-ring (bicyclic) bond motifs is 1. The Morgan fingerprint density at radius 1 is 1.35 bits per heavy atom. The van der Waals surface area contributed by atoms with Gasteiger partial charge in [0.1, 0.15) is 6.42 Å². The van der Waals surface area contributed by atoms with E-state index in [1.165, 1.54) is 41.7 Å². The molecule has 0 fully saturated rings. The monoisotopic (exact) mass is 325 g/mol. The van der Waals surface area contributed by atoms with Crippen molar-refractivity contribution < 1.29 is 4.79 Å². The van der Waals surface area contributed by atoms with Crippen LogP contribution in [0.15, 0.2) is 18.2 Å². The lowest BCUT2D eigenvalue weighted by Crippen LogP contribution is -2.09. The predicted octanol–water partition coefficient (Wildman–Crippen LogP) is 4.10. The number of benzene rings is 1. The van der Waals surface area contributed by atoms with Crippen LogP contribution in [0.4, 0.5) is 5.13 Å². The van der Waals surface area contributed by atoms with Gasteiger partial charge in [0, 0.05) is 10.4 Å². The Morgan fingerprint density at radius 2 is 2.13 bits per heavy atom. The first-order chi connectivity index (χ1) is 11.2. The fourth-order valence-electron chi connectivity index (χ4n) is 2.99. The third kappa shape index (κ3) is 3.43. The molecule has 1 amide bonds. The molecule has 3 rings (SSSR count). The van der Waals surface area contributed by atoms with Gasteiger partial charge < -0.3 is 5.32 Å². The van der Waals surface area contributed by atoms with Gasteiger partial charge in [-0.25, -0.2) is 4.98 Å². The van der Waals surface area contributed by atoms with Crippen molar-refractivity contribution in [2.24, 2.45) is 0 Å². The van der Waals surface area contributed by atoms with Gasteiger partial charge in [-0.1, -0.05) is 19.1 Å². The minimum Gasteiger partial charge on any atom is -0.301 e. The van der Waals surface area contributed by atoms with Gasteiger partial charge in [0.2, 0.25) is 5.91 Å². The van der Waals surface area contributed by atoms with E-state index in [1.807, 2.05) is 6.07 Å². The van der Waals surface area contributed by atoms with Crippen LogP contribution in [0.2, 0.25) is 0 Å². The smallest absolute Gasteiger partial charge is 0.240 e. The van der Waals surface area contributed by atoms with Crippen molar-refractivity contribution in [3.8, 4) is 17.3 Å². The second-order valence-electron chi connectivity index (χ2n) is 5.72. The van der Waals surface area contributed by atoms with E-state index in [2.05, 4.69) is 35.4 Å². The van der Waals surface area contributed by atoms with Crippen molar-refractivity contribution in [2.45, 2.75) is 45.4 Å². The average molecular weight is 325 g/mol. The van der Waals surface area contributed by atoms with Gasteiger partial charge in [-0.05, 0) is 49.3 Å².